The van der Waals surface area contributed by atoms with Gasteiger partial charge < -0.3 is 14.0 Å². The quantitative estimate of drug-likeness (QED) is 0.579. The van der Waals surface area contributed by atoms with Crippen LogP contribution >= 0.6 is 11.3 Å². The van der Waals surface area contributed by atoms with Crippen LogP contribution in [0.3, 0.4) is 0 Å². The summed E-state index contributed by atoms with van der Waals surface area (Å²) in [5.74, 6) is 1.29. The predicted octanol–water partition coefficient (Wildman–Crippen LogP) is 2.58. The van der Waals surface area contributed by atoms with Gasteiger partial charge in [-0.1, -0.05) is 29.4 Å². The Bertz CT molecular complexity index is 989. The van der Waals surface area contributed by atoms with Gasteiger partial charge in [0.15, 0.2) is 6.10 Å². The van der Waals surface area contributed by atoms with Crippen molar-refractivity contribution in [3.8, 4) is 16.5 Å². The van der Waals surface area contributed by atoms with Gasteiger partial charge in [-0.2, -0.15) is 9.29 Å². The highest BCUT2D eigenvalue weighted by Gasteiger charge is 2.33. The van der Waals surface area contributed by atoms with E-state index in [0.29, 0.717) is 11.6 Å². The van der Waals surface area contributed by atoms with Crippen molar-refractivity contribution in [2.24, 2.45) is 0 Å². The average molecular weight is 422 g/mol. The maximum atomic E-state index is 12.7. The molecule has 1 fully saturated rings. The maximum absolute atomic E-state index is 12.7. The van der Waals surface area contributed by atoms with Crippen LogP contribution in [0.5, 0.6) is 5.75 Å². The van der Waals surface area contributed by atoms with E-state index in [4.69, 9.17) is 14.0 Å². The maximum Gasteiger partial charge on any atom is 0.257 e. The Morgan fingerprint density at radius 3 is 2.86 bits per heavy atom. The minimum Gasteiger partial charge on any atom is -0.492 e. The molecule has 1 aliphatic heterocycles. The molecule has 0 unspecified atom stereocenters. The zero-order valence-corrected chi connectivity index (χ0v) is 16.6. The summed E-state index contributed by atoms with van der Waals surface area (Å²) >= 11 is 1.50. The summed E-state index contributed by atoms with van der Waals surface area (Å²) in [6.45, 7) is 0.771. The Balaban J connectivity index is 1.37. The number of ether oxygens (including phenoxy) is 2. The Labute approximate surface area is 166 Å². The lowest BCUT2D eigenvalue weighted by atomic mass is 10.3. The van der Waals surface area contributed by atoms with Gasteiger partial charge in [0.1, 0.15) is 12.4 Å². The van der Waals surface area contributed by atoms with Gasteiger partial charge in [0.2, 0.25) is 15.8 Å². The third-order valence-corrected chi connectivity index (χ3v) is 6.90. The number of para-hydroxylation sites is 1. The molecule has 0 N–H and O–H groups in total. The molecule has 1 aliphatic rings. The summed E-state index contributed by atoms with van der Waals surface area (Å²) in [5, 5.41) is 5.89. The Morgan fingerprint density at radius 1 is 1.21 bits per heavy atom. The molecule has 3 aromatic rings. The van der Waals surface area contributed by atoms with E-state index in [1.54, 1.807) is 12.1 Å². The van der Waals surface area contributed by atoms with E-state index in [0.717, 1.165) is 4.88 Å². The molecule has 0 aliphatic carbocycles. The summed E-state index contributed by atoms with van der Waals surface area (Å²) in [7, 11) is -3.49. The normalized spacial score (nSPS) is 18.2. The van der Waals surface area contributed by atoms with Gasteiger partial charge in [-0.3, -0.25) is 0 Å². The minimum atomic E-state index is -3.49. The van der Waals surface area contributed by atoms with Gasteiger partial charge in [-0.15, -0.1) is 11.3 Å². The minimum absolute atomic E-state index is 0.0808. The van der Waals surface area contributed by atoms with Crippen LogP contribution in [0.15, 0.2) is 52.4 Å². The number of morpholine rings is 1. The molecule has 0 spiro atoms. The van der Waals surface area contributed by atoms with Crippen LogP contribution in [0, 0.1) is 0 Å². The van der Waals surface area contributed by atoms with Crippen molar-refractivity contribution < 1.29 is 22.4 Å². The van der Waals surface area contributed by atoms with Crippen LogP contribution in [0.2, 0.25) is 0 Å². The fraction of sp³-hybridized carbons (Fsp3) is 0.333. The van der Waals surface area contributed by atoms with Gasteiger partial charge in [0, 0.05) is 13.1 Å². The van der Waals surface area contributed by atoms with E-state index in [1.807, 2.05) is 35.7 Å². The molecule has 1 saturated heterocycles. The summed E-state index contributed by atoms with van der Waals surface area (Å²) in [6.07, 6.45) is -0.584. The van der Waals surface area contributed by atoms with E-state index in [9.17, 15) is 8.42 Å². The number of sulfonamides is 1. The molecule has 4 rings (SSSR count). The van der Waals surface area contributed by atoms with E-state index in [1.165, 1.54) is 15.6 Å². The van der Waals surface area contributed by atoms with Crippen LogP contribution < -0.4 is 4.74 Å². The van der Waals surface area contributed by atoms with Gasteiger partial charge in [-0.25, -0.2) is 8.42 Å². The van der Waals surface area contributed by atoms with E-state index >= 15 is 0 Å². The molecular formula is C18H19N3O5S2. The number of thiophene rings is 1. The first kappa shape index (κ1) is 19.1. The molecule has 0 saturated carbocycles. The van der Waals surface area contributed by atoms with E-state index in [2.05, 4.69) is 10.1 Å². The van der Waals surface area contributed by atoms with Crippen LogP contribution in [0.4, 0.5) is 0 Å². The summed E-state index contributed by atoms with van der Waals surface area (Å²) in [5.41, 5.74) is 0. The predicted molar refractivity (Wildman–Crippen MR) is 104 cm³/mol. The lowest BCUT2D eigenvalue weighted by molar-refractivity contribution is -0.0200. The van der Waals surface area contributed by atoms with Crippen molar-refractivity contribution in [1.29, 1.82) is 0 Å². The van der Waals surface area contributed by atoms with Crippen LogP contribution in [-0.2, 0) is 14.8 Å². The molecule has 148 valence electrons. The van der Waals surface area contributed by atoms with Gasteiger partial charge in [-0.05, 0) is 23.6 Å². The molecule has 8 nitrogen and oxygen atoms in total. The van der Waals surface area contributed by atoms with Crippen molar-refractivity contribution in [2.75, 3.05) is 32.1 Å². The summed E-state index contributed by atoms with van der Waals surface area (Å²) in [4.78, 5) is 5.24. The highest BCUT2D eigenvalue weighted by molar-refractivity contribution is 7.89. The number of nitrogens with zero attached hydrogens (tertiary/aromatic N) is 3. The second-order valence-corrected chi connectivity index (χ2v) is 9.16. The van der Waals surface area contributed by atoms with Crippen molar-refractivity contribution in [3.63, 3.8) is 0 Å². The molecule has 28 heavy (non-hydrogen) atoms. The molecule has 3 heterocycles. The standard InChI is InChI=1S/C18H19N3O5S2/c22-28(23,12-10-24-14-5-2-1-3-6-14)21-8-9-25-15(13-21)18-19-17(20-26-18)16-7-4-11-27-16/h1-7,11,15H,8-10,12-13H2/t15-/m1/s1. The smallest absolute Gasteiger partial charge is 0.257 e. The molecular weight excluding hydrogens is 402 g/mol. The lowest BCUT2D eigenvalue weighted by Gasteiger charge is -2.30. The number of rotatable bonds is 7. The summed E-state index contributed by atoms with van der Waals surface area (Å²) in [6, 6.07) is 12.9. The first-order chi connectivity index (χ1) is 13.6. The zero-order valence-electron chi connectivity index (χ0n) is 14.9. The first-order valence-corrected chi connectivity index (χ1v) is 11.3. The largest absolute Gasteiger partial charge is 0.492 e. The Kier molecular flexibility index (Phi) is 5.72. The number of hydrogen-bond acceptors (Lipinski definition) is 8. The Hall–Kier alpha value is -2.27. The Morgan fingerprint density at radius 2 is 2.07 bits per heavy atom. The molecule has 2 aromatic heterocycles. The highest BCUT2D eigenvalue weighted by Crippen LogP contribution is 2.27. The molecule has 10 heteroatoms. The van der Waals surface area contributed by atoms with Gasteiger partial charge >= 0.3 is 0 Å². The van der Waals surface area contributed by atoms with Crippen molar-refractivity contribution in [1.82, 2.24) is 14.4 Å². The van der Waals surface area contributed by atoms with Crippen LogP contribution in [0.1, 0.15) is 12.0 Å². The fourth-order valence-electron chi connectivity index (χ4n) is 2.81. The van der Waals surface area contributed by atoms with Gasteiger partial charge in [0.05, 0.1) is 17.2 Å². The first-order valence-electron chi connectivity index (χ1n) is 8.76. The van der Waals surface area contributed by atoms with Crippen molar-refractivity contribution in [3.05, 3.63) is 53.7 Å². The average Bonchev–Trinajstić information content (AvgIpc) is 3.41. The monoisotopic (exact) mass is 421 g/mol. The van der Waals surface area contributed by atoms with E-state index < -0.39 is 16.1 Å². The van der Waals surface area contributed by atoms with Crippen molar-refractivity contribution >= 4 is 21.4 Å². The third kappa shape index (κ3) is 4.41. The molecule has 1 aromatic carbocycles. The summed E-state index contributed by atoms with van der Waals surface area (Å²) < 4.78 is 43.2. The molecule has 0 bridgehead atoms. The molecule has 0 radical (unpaired) electrons. The molecule has 0 amide bonds. The highest BCUT2D eigenvalue weighted by atomic mass is 32.2. The van der Waals surface area contributed by atoms with Crippen LogP contribution in [0.25, 0.3) is 10.7 Å². The molecule has 1 atom stereocenters. The van der Waals surface area contributed by atoms with E-state index in [-0.39, 0.29) is 37.9 Å². The number of hydrogen-bond donors (Lipinski definition) is 0. The second kappa shape index (κ2) is 8.39. The lowest BCUT2D eigenvalue weighted by Crippen LogP contribution is -2.44. The second-order valence-electron chi connectivity index (χ2n) is 6.13. The van der Waals surface area contributed by atoms with Crippen LogP contribution in [-0.4, -0.2) is 54.9 Å². The topological polar surface area (TPSA) is 94.8 Å². The van der Waals surface area contributed by atoms with Gasteiger partial charge in [0.25, 0.3) is 5.89 Å². The number of benzene rings is 1. The SMILES string of the molecule is O=S(=O)(CCOc1ccccc1)N1CCO[C@@H](c2nc(-c3cccs3)no2)C1. The zero-order chi connectivity index (χ0) is 19.4. The third-order valence-electron chi connectivity index (χ3n) is 4.23. The fourth-order valence-corrected chi connectivity index (χ4v) is 4.73. The van der Waals surface area contributed by atoms with Crippen molar-refractivity contribution in [2.45, 2.75) is 6.10 Å². The number of aromatic nitrogens is 2.